The van der Waals surface area contributed by atoms with Gasteiger partial charge in [-0.3, -0.25) is 0 Å². The molecule has 0 aromatic heterocycles. The summed E-state index contributed by atoms with van der Waals surface area (Å²) >= 11 is 1.81. The third-order valence-electron chi connectivity index (χ3n) is 3.81. The molecule has 27 heavy (non-hydrogen) atoms. The Hall–Kier alpha value is -2.60. The molecule has 5 nitrogen and oxygen atoms in total. The maximum absolute atomic E-state index is 11.7. The number of benzene rings is 2. The van der Waals surface area contributed by atoms with Gasteiger partial charge in [-0.15, -0.1) is 11.8 Å². The van der Waals surface area contributed by atoms with Crippen molar-refractivity contribution in [1.29, 1.82) is 0 Å². The summed E-state index contributed by atoms with van der Waals surface area (Å²) in [6, 6.07) is 15.8. The van der Waals surface area contributed by atoms with E-state index >= 15 is 0 Å². The van der Waals surface area contributed by atoms with Gasteiger partial charge in [0.05, 0.1) is 21.3 Å². The predicted molar refractivity (Wildman–Crippen MR) is 109 cm³/mol. The van der Waals surface area contributed by atoms with Crippen LogP contribution in [0.2, 0.25) is 0 Å². The number of hydrogen-bond donors (Lipinski definition) is 1. The molecule has 0 unspecified atom stereocenters. The summed E-state index contributed by atoms with van der Waals surface area (Å²) in [6.07, 6.45) is 2.40. The Bertz CT molecular complexity index is 762. The van der Waals surface area contributed by atoms with Gasteiger partial charge >= 0.3 is 5.97 Å². The van der Waals surface area contributed by atoms with Crippen LogP contribution in [0, 0.1) is 0 Å². The lowest BCUT2D eigenvalue weighted by Gasteiger charge is -2.14. The minimum atomic E-state index is -0.411. The highest BCUT2D eigenvalue weighted by Gasteiger charge is 2.10. The zero-order chi connectivity index (χ0) is 19.5. The van der Waals surface area contributed by atoms with Gasteiger partial charge in [-0.05, 0) is 42.5 Å². The average molecular weight is 388 g/mol. The molecule has 6 heteroatoms. The quantitative estimate of drug-likeness (QED) is 0.288. The van der Waals surface area contributed by atoms with Crippen molar-refractivity contribution in [2.75, 3.05) is 33.6 Å². The summed E-state index contributed by atoms with van der Waals surface area (Å²) in [5.41, 5.74) is 1.52. The van der Waals surface area contributed by atoms with Crippen LogP contribution in [0.5, 0.6) is 11.5 Å². The molecule has 0 atom stereocenters. The van der Waals surface area contributed by atoms with Gasteiger partial charge in [-0.25, -0.2) is 4.79 Å². The van der Waals surface area contributed by atoms with E-state index in [9.17, 15) is 4.79 Å². The third kappa shape index (κ3) is 6.57. The first-order valence-electron chi connectivity index (χ1n) is 8.61. The Morgan fingerprint density at radius 3 is 2.44 bits per heavy atom. The molecule has 0 fully saturated rings. The van der Waals surface area contributed by atoms with Crippen molar-refractivity contribution >= 4 is 23.4 Å². The molecule has 2 rings (SSSR count). The van der Waals surface area contributed by atoms with E-state index in [1.165, 1.54) is 18.1 Å². The highest BCUT2D eigenvalue weighted by Crippen LogP contribution is 2.29. The van der Waals surface area contributed by atoms with E-state index in [0.717, 1.165) is 24.3 Å². The third-order valence-corrected chi connectivity index (χ3v) is 4.90. The standard InChI is InChI=1S/C21H25NO4S/c1-24-19-11-10-16(14-20(19)25-2)18(15-21(23)26-3)22-12-7-13-27-17-8-5-4-6-9-17/h4-6,8-11,14-15,22H,7,12-13H2,1-3H3/b18-15-. The number of hydrogen-bond acceptors (Lipinski definition) is 6. The Morgan fingerprint density at radius 1 is 1.04 bits per heavy atom. The largest absolute Gasteiger partial charge is 0.493 e. The second kappa shape index (κ2) is 11.2. The molecule has 0 aliphatic rings. The fourth-order valence-corrected chi connectivity index (χ4v) is 3.29. The van der Waals surface area contributed by atoms with E-state index in [-0.39, 0.29) is 0 Å². The second-order valence-corrected chi connectivity index (χ2v) is 6.76. The van der Waals surface area contributed by atoms with Crippen LogP contribution in [0.15, 0.2) is 59.5 Å². The molecule has 144 valence electrons. The monoisotopic (exact) mass is 387 g/mol. The number of rotatable bonds is 10. The summed E-state index contributed by atoms with van der Waals surface area (Å²) in [6.45, 7) is 0.733. The molecule has 0 radical (unpaired) electrons. The van der Waals surface area contributed by atoms with Crippen LogP contribution in [0.1, 0.15) is 12.0 Å². The fourth-order valence-electron chi connectivity index (χ4n) is 2.42. The zero-order valence-electron chi connectivity index (χ0n) is 15.9. The van der Waals surface area contributed by atoms with Gasteiger partial charge in [0.1, 0.15) is 0 Å². The number of methoxy groups -OCH3 is 3. The highest BCUT2D eigenvalue weighted by atomic mass is 32.2. The molecule has 1 N–H and O–H groups in total. The second-order valence-electron chi connectivity index (χ2n) is 5.59. The number of carbonyl (C=O) groups is 1. The average Bonchev–Trinajstić information content (AvgIpc) is 2.72. The summed E-state index contributed by atoms with van der Waals surface area (Å²) < 4.78 is 15.4. The molecule has 2 aromatic carbocycles. The lowest BCUT2D eigenvalue weighted by Crippen LogP contribution is -2.16. The molecule has 0 bridgehead atoms. The summed E-state index contributed by atoms with van der Waals surface area (Å²) in [4.78, 5) is 13.0. The molecular weight excluding hydrogens is 362 g/mol. The van der Waals surface area contributed by atoms with Crippen LogP contribution in [0.4, 0.5) is 0 Å². The van der Waals surface area contributed by atoms with Gasteiger partial charge in [0.25, 0.3) is 0 Å². The van der Waals surface area contributed by atoms with Crippen molar-refractivity contribution in [3.05, 3.63) is 60.2 Å². The maximum atomic E-state index is 11.7. The van der Waals surface area contributed by atoms with Crippen molar-refractivity contribution in [2.24, 2.45) is 0 Å². The zero-order valence-corrected chi connectivity index (χ0v) is 16.7. The van der Waals surface area contributed by atoms with Gasteiger partial charge in [-0.1, -0.05) is 18.2 Å². The van der Waals surface area contributed by atoms with E-state index in [1.54, 1.807) is 14.2 Å². The lowest BCUT2D eigenvalue weighted by molar-refractivity contribution is -0.134. The molecule has 0 heterocycles. The molecule has 0 saturated carbocycles. The molecule has 2 aromatic rings. The predicted octanol–water partition coefficient (Wildman–Crippen LogP) is 3.99. The first kappa shape index (κ1) is 20.7. The number of thioether (sulfide) groups is 1. The van der Waals surface area contributed by atoms with Crippen LogP contribution in [-0.4, -0.2) is 39.6 Å². The maximum Gasteiger partial charge on any atom is 0.332 e. The highest BCUT2D eigenvalue weighted by molar-refractivity contribution is 7.99. The van der Waals surface area contributed by atoms with Crippen molar-refractivity contribution in [3.8, 4) is 11.5 Å². The molecule has 0 aliphatic heterocycles. The van der Waals surface area contributed by atoms with Gasteiger partial charge in [0, 0.05) is 28.8 Å². The van der Waals surface area contributed by atoms with E-state index in [1.807, 2.05) is 48.2 Å². The first-order valence-corrected chi connectivity index (χ1v) is 9.60. The Balaban J connectivity index is 2.00. The summed E-state index contributed by atoms with van der Waals surface area (Å²) in [5, 5.41) is 3.33. The molecular formula is C21H25NO4S. The number of esters is 1. The molecule has 0 saturated heterocycles. The van der Waals surface area contributed by atoms with E-state index < -0.39 is 5.97 Å². The Kier molecular flexibility index (Phi) is 8.58. The van der Waals surface area contributed by atoms with Crippen LogP contribution >= 0.6 is 11.8 Å². The summed E-state index contributed by atoms with van der Waals surface area (Å²) in [7, 11) is 4.53. The number of nitrogens with one attached hydrogen (secondary N) is 1. The van der Waals surface area contributed by atoms with Crippen LogP contribution in [-0.2, 0) is 9.53 Å². The summed E-state index contributed by atoms with van der Waals surface area (Å²) in [5.74, 6) is 1.81. The Labute approximate surface area is 164 Å². The smallest absolute Gasteiger partial charge is 0.332 e. The van der Waals surface area contributed by atoms with Gasteiger partial charge in [0.2, 0.25) is 0 Å². The SMILES string of the molecule is COC(=O)/C=C(\NCCCSc1ccccc1)c1ccc(OC)c(OC)c1. The van der Waals surface area contributed by atoms with Crippen LogP contribution in [0.3, 0.4) is 0 Å². The molecule has 0 amide bonds. The minimum absolute atomic E-state index is 0.411. The van der Waals surface area contributed by atoms with Crippen LogP contribution < -0.4 is 14.8 Å². The normalized spacial score (nSPS) is 11.0. The van der Waals surface area contributed by atoms with Gasteiger partial charge in [-0.2, -0.15) is 0 Å². The molecule has 0 spiro atoms. The van der Waals surface area contributed by atoms with Crippen molar-refractivity contribution in [1.82, 2.24) is 5.32 Å². The van der Waals surface area contributed by atoms with Crippen LogP contribution in [0.25, 0.3) is 5.70 Å². The van der Waals surface area contributed by atoms with Crippen molar-refractivity contribution in [3.63, 3.8) is 0 Å². The fraction of sp³-hybridized carbons (Fsp3) is 0.286. The Morgan fingerprint density at radius 2 is 1.78 bits per heavy atom. The number of carbonyl (C=O) groups excluding carboxylic acids is 1. The first-order chi connectivity index (χ1) is 13.2. The van der Waals surface area contributed by atoms with E-state index in [4.69, 9.17) is 14.2 Å². The van der Waals surface area contributed by atoms with Crippen molar-refractivity contribution < 1.29 is 19.0 Å². The van der Waals surface area contributed by atoms with E-state index in [2.05, 4.69) is 17.4 Å². The lowest BCUT2D eigenvalue weighted by atomic mass is 10.1. The van der Waals surface area contributed by atoms with Crippen molar-refractivity contribution in [2.45, 2.75) is 11.3 Å². The minimum Gasteiger partial charge on any atom is -0.493 e. The topological polar surface area (TPSA) is 56.8 Å². The van der Waals surface area contributed by atoms with Gasteiger partial charge in [0.15, 0.2) is 11.5 Å². The molecule has 0 aliphatic carbocycles. The van der Waals surface area contributed by atoms with E-state index in [0.29, 0.717) is 17.2 Å². The van der Waals surface area contributed by atoms with Gasteiger partial charge < -0.3 is 19.5 Å². The number of ether oxygens (including phenoxy) is 3.